The minimum absolute atomic E-state index is 0.0522. The van der Waals surface area contributed by atoms with Gasteiger partial charge in [-0.05, 0) is 57.1 Å². The molecule has 2 aromatic carbocycles. The van der Waals surface area contributed by atoms with Crippen LogP contribution < -0.4 is 0 Å². The molecule has 0 fully saturated rings. The van der Waals surface area contributed by atoms with Crippen molar-refractivity contribution in [2.45, 2.75) is 105 Å². The van der Waals surface area contributed by atoms with Gasteiger partial charge in [0, 0.05) is 21.9 Å². The van der Waals surface area contributed by atoms with Gasteiger partial charge in [-0.3, -0.25) is 4.79 Å². The van der Waals surface area contributed by atoms with E-state index in [0.717, 1.165) is 33.1 Å². The summed E-state index contributed by atoms with van der Waals surface area (Å²) in [6, 6.07) is 12.6. The van der Waals surface area contributed by atoms with E-state index in [4.69, 9.17) is 8.83 Å². The molecule has 0 aliphatic carbocycles. The Labute approximate surface area is 259 Å². The molecule has 44 heavy (non-hydrogen) atoms. The van der Waals surface area contributed by atoms with Gasteiger partial charge in [-0.1, -0.05) is 95.2 Å². The molecule has 2 N–H and O–H groups in total. The summed E-state index contributed by atoms with van der Waals surface area (Å²) in [6.07, 6.45) is 0. The van der Waals surface area contributed by atoms with E-state index in [1.165, 1.54) is 11.1 Å². The lowest BCUT2D eigenvalue weighted by molar-refractivity contribution is 0.101. The average Bonchev–Trinajstić information content (AvgIpc) is 3.63. The lowest BCUT2D eigenvalue weighted by atomic mass is 9.80. The van der Waals surface area contributed by atoms with Gasteiger partial charge < -0.3 is 18.9 Å². The Kier molecular flexibility index (Phi) is 6.29. The van der Waals surface area contributed by atoms with Gasteiger partial charge in [-0.2, -0.15) is 0 Å². The van der Waals surface area contributed by atoms with Crippen molar-refractivity contribution in [3.05, 3.63) is 75.5 Å². The van der Waals surface area contributed by atoms with Gasteiger partial charge in [-0.15, -0.1) is 0 Å². The van der Waals surface area contributed by atoms with Crippen molar-refractivity contribution in [1.82, 2.24) is 4.98 Å². The minimum atomic E-state index is -0.444. The number of nitrogens with zero attached hydrogens (tertiary/aromatic N) is 1. The Balaban J connectivity index is 1.51. The van der Waals surface area contributed by atoms with E-state index in [1.54, 1.807) is 0 Å². The number of aromatic amines is 1. The minimum Gasteiger partial charge on any atom is -0.494 e. The van der Waals surface area contributed by atoms with Crippen LogP contribution in [0, 0.1) is 0 Å². The van der Waals surface area contributed by atoms with Gasteiger partial charge in [0.2, 0.25) is 0 Å². The Morgan fingerprint density at radius 2 is 1.07 bits per heavy atom. The van der Waals surface area contributed by atoms with Crippen molar-refractivity contribution in [3.8, 4) is 17.3 Å². The molecular weight excluding hydrogens is 548 g/mol. The fourth-order valence-corrected chi connectivity index (χ4v) is 6.03. The number of fused-ring (bicyclic) bond motifs is 3. The quantitative estimate of drug-likeness (QED) is 0.213. The third-order valence-corrected chi connectivity index (χ3v) is 8.70. The Hall–Kier alpha value is -4.06. The summed E-state index contributed by atoms with van der Waals surface area (Å²) in [5.74, 6) is 0.338. The summed E-state index contributed by atoms with van der Waals surface area (Å²) in [6.45, 7) is 26.2. The molecule has 0 radical (unpaired) electrons. The number of furan rings is 2. The molecule has 0 unspecified atom stereocenters. The summed E-state index contributed by atoms with van der Waals surface area (Å²) in [5, 5.41) is 13.1. The highest BCUT2D eigenvalue weighted by atomic mass is 16.3. The van der Waals surface area contributed by atoms with Gasteiger partial charge in [0.05, 0.1) is 16.8 Å². The molecule has 1 amide bonds. The average molecular weight is 593 g/mol. The zero-order valence-corrected chi connectivity index (χ0v) is 28.1. The predicted molar refractivity (Wildman–Crippen MR) is 179 cm³/mol. The highest BCUT2D eigenvalue weighted by Crippen LogP contribution is 2.44. The zero-order valence-electron chi connectivity index (χ0n) is 28.1. The number of rotatable bonds is 2. The van der Waals surface area contributed by atoms with E-state index in [2.05, 4.69) is 117 Å². The molecule has 230 valence electrons. The van der Waals surface area contributed by atoms with Crippen molar-refractivity contribution >= 4 is 33.6 Å². The van der Waals surface area contributed by atoms with E-state index >= 15 is 0 Å². The number of hydrogen-bond donors (Lipinski definition) is 2. The summed E-state index contributed by atoms with van der Waals surface area (Å²) >= 11 is 0. The highest BCUT2D eigenvalue weighted by Gasteiger charge is 2.37. The van der Waals surface area contributed by atoms with Crippen molar-refractivity contribution < 1.29 is 18.7 Å². The number of H-pyrrole nitrogens is 1. The Bertz CT molecular complexity index is 2020. The second kappa shape index (κ2) is 9.23. The molecule has 0 saturated carbocycles. The number of amides is 1. The standard InChI is InChI=1S/C38H44N2O4/c1-35(2,3)21-13-19-15-25(43-31(19)23(17-21)37(7,8)9)29-27-28(34(42)39-29)30(40-33(27)41)26-16-20-14-22(36(4,5)6)18-24(32(20)44-26)38(10,11)12/h13-18,39,42H,1-12H3. The van der Waals surface area contributed by atoms with E-state index in [9.17, 15) is 9.90 Å². The molecule has 6 nitrogen and oxygen atoms in total. The molecule has 3 aromatic heterocycles. The first-order chi connectivity index (χ1) is 20.1. The SMILES string of the molecule is CC(C)(C)c1cc(C(C)(C)C)c2oc(C3=NC(=O)c4c(-c5cc6cc(C(C)(C)C)cc(C(C)(C)C)c6o5)[nH]c(O)c43)cc2c1. The number of nitrogens with one attached hydrogen (secondary N) is 1. The van der Waals surface area contributed by atoms with Crippen LogP contribution in [-0.2, 0) is 21.7 Å². The fraction of sp³-hybridized carbons (Fsp3) is 0.421. The maximum absolute atomic E-state index is 13.5. The fourth-order valence-electron chi connectivity index (χ4n) is 6.03. The first-order valence-electron chi connectivity index (χ1n) is 15.4. The van der Waals surface area contributed by atoms with Crippen LogP contribution in [-0.4, -0.2) is 21.7 Å². The van der Waals surface area contributed by atoms with Crippen LogP contribution in [0.5, 0.6) is 5.88 Å². The maximum atomic E-state index is 13.5. The first-order valence-corrected chi connectivity index (χ1v) is 15.4. The van der Waals surface area contributed by atoms with Crippen LogP contribution in [0.1, 0.15) is 127 Å². The largest absolute Gasteiger partial charge is 0.494 e. The second-order valence-electron chi connectivity index (χ2n) is 16.5. The molecule has 1 aliphatic heterocycles. The topological polar surface area (TPSA) is 91.7 Å². The molecule has 0 spiro atoms. The number of aliphatic imine (C=N–C) groups is 1. The van der Waals surface area contributed by atoms with E-state index in [1.807, 2.05) is 12.1 Å². The Morgan fingerprint density at radius 3 is 1.52 bits per heavy atom. The van der Waals surface area contributed by atoms with E-state index in [-0.39, 0.29) is 33.1 Å². The summed E-state index contributed by atoms with van der Waals surface area (Å²) < 4.78 is 13.0. The van der Waals surface area contributed by atoms with Crippen molar-refractivity contribution in [1.29, 1.82) is 0 Å². The summed E-state index contributed by atoms with van der Waals surface area (Å²) in [5.41, 5.74) is 7.04. The lowest BCUT2D eigenvalue weighted by Gasteiger charge is -2.25. The van der Waals surface area contributed by atoms with Crippen LogP contribution in [0.3, 0.4) is 0 Å². The molecule has 1 aliphatic rings. The van der Waals surface area contributed by atoms with Crippen LogP contribution in [0.2, 0.25) is 0 Å². The van der Waals surface area contributed by atoms with Crippen LogP contribution in [0.15, 0.2) is 50.2 Å². The van der Waals surface area contributed by atoms with Crippen LogP contribution in [0.25, 0.3) is 33.4 Å². The van der Waals surface area contributed by atoms with Gasteiger partial charge in [0.15, 0.2) is 17.4 Å². The molecular formula is C38H44N2O4. The zero-order chi connectivity index (χ0) is 32.3. The molecule has 6 heteroatoms. The van der Waals surface area contributed by atoms with Crippen LogP contribution >= 0.6 is 0 Å². The van der Waals surface area contributed by atoms with Gasteiger partial charge in [0.25, 0.3) is 5.91 Å². The van der Waals surface area contributed by atoms with Crippen molar-refractivity contribution in [3.63, 3.8) is 0 Å². The first kappa shape index (κ1) is 30.0. The maximum Gasteiger partial charge on any atom is 0.280 e. The number of aromatic hydroxyl groups is 1. The predicted octanol–water partition coefficient (Wildman–Crippen LogP) is 10.1. The summed E-state index contributed by atoms with van der Waals surface area (Å²) in [4.78, 5) is 21.0. The number of carbonyl (C=O) groups excluding carboxylic acids is 1. The van der Waals surface area contributed by atoms with Gasteiger partial charge >= 0.3 is 0 Å². The lowest BCUT2D eigenvalue weighted by Crippen LogP contribution is -2.16. The second-order valence-corrected chi connectivity index (χ2v) is 16.5. The molecule has 0 saturated heterocycles. The smallest absolute Gasteiger partial charge is 0.280 e. The number of carbonyl (C=O) groups is 1. The monoisotopic (exact) mass is 592 g/mol. The molecule has 0 atom stereocenters. The molecule has 4 heterocycles. The number of aromatic nitrogens is 1. The molecule has 0 bridgehead atoms. The highest BCUT2D eigenvalue weighted by molar-refractivity contribution is 6.30. The third-order valence-electron chi connectivity index (χ3n) is 8.70. The normalized spacial score (nSPS) is 14.6. The number of benzene rings is 2. The molecule has 6 rings (SSSR count). The van der Waals surface area contributed by atoms with Gasteiger partial charge in [-0.25, -0.2) is 4.99 Å². The van der Waals surface area contributed by atoms with Crippen LogP contribution in [0.4, 0.5) is 0 Å². The third kappa shape index (κ3) is 4.79. The summed E-state index contributed by atoms with van der Waals surface area (Å²) in [7, 11) is 0. The number of hydrogen-bond acceptors (Lipinski definition) is 4. The van der Waals surface area contributed by atoms with Crippen molar-refractivity contribution in [2.24, 2.45) is 4.99 Å². The Morgan fingerprint density at radius 1 is 0.614 bits per heavy atom. The van der Waals surface area contributed by atoms with E-state index in [0.29, 0.717) is 28.5 Å². The molecule has 5 aromatic rings. The van der Waals surface area contributed by atoms with Crippen molar-refractivity contribution in [2.75, 3.05) is 0 Å². The van der Waals surface area contributed by atoms with E-state index < -0.39 is 5.91 Å². The van der Waals surface area contributed by atoms with Gasteiger partial charge in [0.1, 0.15) is 16.9 Å².